The van der Waals surface area contributed by atoms with E-state index in [0.29, 0.717) is 40.6 Å². The zero-order valence-corrected chi connectivity index (χ0v) is 26.4. The van der Waals surface area contributed by atoms with Crippen LogP contribution in [0.3, 0.4) is 0 Å². The summed E-state index contributed by atoms with van der Waals surface area (Å²) in [4.78, 5) is 8.98. The van der Waals surface area contributed by atoms with Gasteiger partial charge < -0.3 is 28.8 Å². The molecule has 7 rings (SSSR count). The molecule has 0 bridgehead atoms. The highest BCUT2D eigenvalue weighted by atomic mass is 32.1. The quantitative estimate of drug-likeness (QED) is 0.139. The molecular weight excluding hydrogens is 612 g/mol. The lowest BCUT2D eigenvalue weighted by Crippen LogP contribution is -2.44. The fourth-order valence-corrected chi connectivity index (χ4v) is 6.67. The Labute approximate surface area is 277 Å². The minimum atomic E-state index is -1.92. The number of nitrogens with zero attached hydrogens (tertiary/aromatic N) is 2. The van der Waals surface area contributed by atoms with Crippen LogP contribution in [0.4, 0.5) is 0 Å². The molecule has 0 spiro atoms. The standard InChI is InChI=1S/C38H34N2O6S/c41-38(31-25-47-35-33(31)39-26-40-37(35)45-30-19-11-4-12-20-30)36(44-23-29-17-9-3-10-18-29)34(43-22-28-15-7-2-8-16-28)32(46-38)24-42-21-27-13-5-1-6-14-27/h1-20,25-26,32,34,36,41H,21-24H2/t32-,34-,36-,38?/m1/s1. The first-order valence-corrected chi connectivity index (χ1v) is 16.3. The lowest BCUT2D eigenvalue weighted by Gasteiger charge is -2.30. The molecule has 1 aliphatic rings. The lowest BCUT2D eigenvalue weighted by atomic mass is 9.98. The maximum atomic E-state index is 12.6. The summed E-state index contributed by atoms with van der Waals surface area (Å²) in [6.45, 7) is 1.09. The minimum Gasteiger partial charge on any atom is -0.437 e. The van der Waals surface area contributed by atoms with Crippen LogP contribution in [0.15, 0.2) is 133 Å². The molecule has 47 heavy (non-hydrogen) atoms. The van der Waals surface area contributed by atoms with Gasteiger partial charge in [0.05, 0.1) is 37.5 Å². The van der Waals surface area contributed by atoms with Gasteiger partial charge in [-0.3, -0.25) is 0 Å². The van der Waals surface area contributed by atoms with Crippen LogP contribution in [0.5, 0.6) is 11.6 Å². The molecule has 1 unspecified atom stereocenters. The van der Waals surface area contributed by atoms with Crippen molar-refractivity contribution in [2.45, 2.75) is 43.9 Å². The number of ether oxygens (including phenoxy) is 5. The average molecular weight is 647 g/mol. The largest absolute Gasteiger partial charge is 0.437 e. The van der Waals surface area contributed by atoms with Crippen LogP contribution < -0.4 is 4.74 Å². The van der Waals surface area contributed by atoms with E-state index in [1.165, 1.54) is 17.7 Å². The van der Waals surface area contributed by atoms with Gasteiger partial charge in [0, 0.05) is 5.38 Å². The molecule has 0 saturated carbocycles. The van der Waals surface area contributed by atoms with E-state index in [4.69, 9.17) is 23.7 Å². The van der Waals surface area contributed by atoms with Gasteiger partial charge in [-0.05, 0) is 28.8 Å². The van der Waals surface area contributed by atoms with Gasteiger partial charge in [-0.2, -0.15) is 0 Å². The smallest absolute Gasteiger partial charge is 0.240 e. The van der Waals surface area contributed by atoms with Gasteiger partial charge in [-0.1, -0.05) is 109 Å². The van der Waals surface area contributed by atoms with Crippen molar-refractivity contribution in [1.82, 2.24) is 9.97 Å². The van der Waals surface area contributed by atoms with E-state index in [1.54, 1.807) is 0 Å². The zero-order chi connectivity index (χ0) is 31.9. The van der Waals surface area contributed by atoms with Crippen molar-refractivity contribution in [1.29, 1.82) is 0 Å². The fraction of sp³-hybridized carbons (Fsp3) is 0.211. The van der Waals surface area contributed by atoms with Crippen LogP contribution in [0.1, 0.15) is 22.3 Å². The fourth-order valence-electron chi connectivity index (χ4n) is 5.68. The topological polar surface area (TPSA) is 92.2 Å². The first-order chi connectivity index (χ1) is 23.2. The molecule has 1 N–H and O–H groups in total. The minimum absolute atomic E-state index is 0.168. The van der Waals surface area contributed by atoms with Crippen molar-refractivity contribution < 1.29 is 28.8 Å². The van der Waals surface area contributed by atoms with Crippen LogP contribution in [0, 0.1) is 0 Å². The van der Waals surface area contributed by atoms with E-state index in [9.17, 15) is 5.11 Å². The number of benzene rings is 4. The van der Waals surface area contributed by atoms with Crippen molar-refractivity contribution in [3.05, 3.63) is 155 Å². The summed E-state index contributed by atoms with van der Waals surface area (Å²) in [7, 11) is 0. The first-order valence-electron chi connectivity index (χ1n) is 15.5. The van der Waals surface area contributed by atoms with Gasteiger partial charge in [-0.25, -0.2) is 9.97 Å². The Morgan fingerprint density at radius 1 is 0.702 bits per heavy atom. The third-order valence-electron chi connectivity index (χ3n) is 8.00. The number of aromatic nitrogens is 2. The number of thiophene rings is 1. The van der Waals surface area contributed by atoms with Crippen molar-refractivity contribution in [3.8, 4) is 11.6 Å². The second-order valence-electron chi connectivity index (χ2n) is 11.3. The van der Waals surface area contributed by atoms with Gasteiger partial charge in [-0.15, -0.1) is 11.3 Å². The molecule has 4 atom stereocenters. The summed E-state index contributed by atoms with van der Waals surface area (Å²) in [5.74, 6) is -0.888. The van der Waals surface area contributed by atoms with Crippen molar-refractivity contribution in [3.63, 3.8) is 0 Å². The van der Waals surface area contributed by atoms with Gasteiger partial charge in [0.15, 0.2) is 0 Å². The normalized spacial score (nSPS) is 20.8. The monoisotopic (exact) mass is 646 g/mol. The van der Waals surface area contributed by atoms with Crippen molar-refractivity contribution >= 4 is 21.6 Å². The van der Waals surface area contributed by atoms with Crippen LogP contribution in [-0.2, 0) is 44.6 Å². The highest BCUT2D eigenvalue weighted by molar-refractivity contribution is 7.17. The van der Waals surface area contributed by atoms with E-state index in [2.05, 4.69) is 9.97 Å². The molecule has 0 aliphatic carbocycles. The molecule has 0 radical (unpaired) electrons. The van der Waals surface area contributed by atoms with Crippen molar-refractivity contribution in [2.75, 3.05) is 6.61 Å². The molecule has 3 heterocycles. The van der Waals surface area contributed by atoms with Gasteiger partial charge in [0.1, 0.15) is 35.1 Å². The van der Waals surface area contributed by atoms with Crippen LogP contribution in [0.2, 0.25) is 0 Å². The van der Waals surface area contributed by atoms with E-state index in [-0.39, 0.29) is 13.2 Å². The second-order valence-corrected chi connectivity index (χ2v) is 12.1. The predicted octanol–water partition coefficient (Wildman–Crippen LogP) is 7.42. The maximum absolute atomic E-state index is 12.6. The number of hydrogen-bond donors (Lipinski definition) is 1. The molecule has 2 aromatic heterocycles. The van der Waals surface area contributed by atoms with Crippen molar-refractivity contribution in [2.24, 2.45) is 0 Å². The van der Waals surface area contributed by atoms with Crippen LogP contribution >= 0.6 is 11.3 Å². The summed E-state index contributed by atoms with van der Waals surface area (Å²) in [6.07, 6.45) is -0.844. The first kappa shape index (κ1) is 31.1. The number of rotatable bonds is 13. The molecule has 1 fully saturated rings. The summed E-state index contributed by atoms with van der Waals surface area (Å²) in [5, 5.41) is 14.5. The van der Waals surface area contributed by atoms with Gasteiger partial charge in [0.2, 0.25) is 11.7 Å². The lowest BCUT2D eigenvalue weighted by molar-refractivity contribution is -0.252. The van der Waals surface area contributed by atoms with Gasteiger partial charge in [0.25, 0.3) is 0 Å². The Morgan fingerprint density at radius 2 is 1.28 bits per heavy atom. The molecule has 0 amide bonds. The van der Waals surface area contributed by atoms with Crippen LogP contribution in [-0.4, -0.2) is 40.0 Å². The number of fused-ring (bicyclic) bond motifs is 1. The summed E-state index contributed by atoms with van der Waals surface area (Å²) >= 11 is 1.37. The zero-order valence-electron chi connectivity index (χ0n) is 25.6. The molecule has 1 saturated heterocycles. The Morgan fingerprint density at radius 3 is 1.91 bits per heavy atom. The number of hydrogen-bond acceptors (Lipinski definition) is 9. The summed E-state index contributed by atoms with van der Waals surface area (Å²) in [6, 6.07) is 39.1. The van der Waals surface area contributed by atoms with E-state index < -0.39 is 24.1 Å². The molecule has 8 nitrogen and oxygen atoms in total. The molecule has 1 aliphatic heterocycles. The predicted molar refractivity (Wildman–Crippen MR) is 179 cm³/mol. The summed E-state index contributed by atoms with van der Waals surface area (Å²) < 4.78 is 32.7. The number of aliphatic hydroxyl groups is 1. The Kier molecular flexibility index (Phi) is 9.62. The third-order valence-corrected chi connectivity index (χ3v) is 8.95. The van der Waals surface area contributed by atoms with Crippen LogP contribution in [0.25, 0.3) is 10.2 Å². The van der Waals surface area contributed by atoms with E-state index in [0.717, 1.165) is 16.7 Å². The highest BCUT2D eigenvalue weighted by Crippen LogP contribution is 2.46. The highest BCUT2D eigenvalue weighted by Gasteiger charge is 2.58. The molecule has 4 aromatic carbocycles. The average Bonchev–Trinajstić information content (AvgIpc) is 3.68. The Bertz CT molecular complexity index is 1860. The van der Waals surface area contributed by atoms with Gasteiger partial charge >= 0.3 is 0 Å². The molecule has 238 valence electrons. The Hall–Kier alpha value is -4.48. The third kappa shape index (κ3) is 7.11. The number of para-hydroxylation sites is 1. The molecule has 9 heteroatoms. The van der Waals surface area contributed by atoms with E-state index in [1.807, 2.05) is 127 Å². The second kappa shape index (κ2) is 14.5. The SMILES string of the molecule is OC1(c2csc3c(Oc4ccccc4)ncnc23)O[C@H](COCc2ccccc2)[C@@H](OCc2ccccc2)[C@H]1OCc1ccccc1. The molecule has 6 aromatic rings. The molecular formula is C38H34N2O6S. The summed E-state index contributed by atoms with van der Waals surface area (Å²) in [5.41, 5.74) is 3.95. The van der Waals surface area contributed by atoms with E-state index >= 15 is 0 Å². The Balaban J connectivity index is 1.23. The maximum Gasteiger partial charge on any atom is 0.240 e.